The number of aliphatic hydroxyl groups is 1. The highest BCUT2D eigenvalue weighted by Gasteiger charge is 2.30. The molecule has 0 saturated heterocycles. The van der Waals surface area contributed by atoms with Crippen LogP contribution in [0, 0.1) is 5.82 Å². The first-order valence-corrected chi connectivity index (χ1v) is 6.42. The van der Waals surface area contributed by atoms with Crippen LogP contribution in [0.3, 0.4) is 0 Å². The molecule has 1 atom stereocenters. The maximum absolute atomic E-state index is 12.9. The Hall–Kier alpha value is -1.88. The van der Waals surface area contributed by atoms with Gasteiger partial charge in [-0.2, -0.15) is 13.2 Å². The molecule has 1 N–H and O–H groups in total. The summed E-state index contributed by atoms with van der Waals surface area (Å²) in [7, 11) is 0. The monoisotopic (exact) mass is 298 g/mol. The molecule has 2 aromatic rings. The quantitative estimate of drug-likeness (QED) is 0.840. The minimum absolute atomic E-state index is 0.220. The second-order valence-corrected chi connectivity index (χ2v) is 4.83. The van der Waals surface area contributed by atoms with Gasteiger partial charge in [0, 0.05) is 5.92 Å². The van der Waals surface area contributed by atoms with E-state index in [1.165, 1.54) is 30.3 Å². The van der Waals surface area contributed by atoms with Gasteiger partial charge in [0.05, 0.1) is 12.2 Å². The molecule has 0 aliphatic heterocycles. The molecule has 5 heteroatoms. The zero-order valence-corrected chi connectivity index (χ0v) is 11.1. The second kappa shape index (κ2) is 6.26. The Labute approximate surface area is 119 Å². The molecule has 21 heavy (non-hydrogen) atoms. The lowest BCUT2D eigenvalue weighted by Gasteiger charge is -2.16. The lowest BCUT2D eigenvalue weighted by atomic mass is 9.92. The van der Waals surface area contributed by atoms with Crippen molar-refractivity contribution in [3.05, 3.63) is 71.0 Å². The van der Waals surface area contributed by atoms with Crippen LogP contribution in [0.4, 0.5) is 17.6 Å². The summed E-state index contributed by atoms with van der Waals surface area (Å²) < 4.78 is 50.9. The van der Waals surface area contributed by atoms with E-state index < -0.39 is 17.6 Å². The standard InChI is InChI=1S/C16H14F4O/c17-15-6-4-12(5-7-15)13(10-21)8-11-2-1-3-14(9-11)16(18,19)20/h1-7,9,13,21H,8,10H2. The summed E-state index contributed by atoms with van der Waals surface area (Å²) >= 11 is 0. The Kier molecular flexibility index (Phi) is 4.63. The van der Waals surface area contributed by atoms with Crippen LogP contribution in [0.1, 0.15) is 22.6 Å². The van der Waals surface area contributed by atoms with Crippen LogP contribution >= 0.6 is 0 Å². The Balaban J connectivity index is 2.21. The highest BCUT2D eigenvalue weighted by molar-refractivity contribution is 5.29. The van der Waals surface area contributed by atoms with Crippen LogP contribution in [-0.4, -0.2) is 11.7 Å². The highest BCUT2D eigenvalue weighted by Crippen LogP contribution is 2.30. The van der Waals surface area contributed by atoms with Gasteiger partial charge < -0.3 is 5.11 Å². The van der Waals surface area contributed by atoms with E-state index in [9.17, 15) is 22.7 Å². The van der Waals surface area contributed by atoms with Gasteiger partial charge >= 0.3 is 6.18 Å². The van der Waals surface area contributed by atoms with E-state index >= 15 is 0 Å². The number of rotatable bonds is 4. The van der Waals surface area contributed by atoms with Crippen LogP contribution in [0.15, 0.2) is 48.5 Å². The van der Waals surface area contributed by atoms with Crippen molar-refractivity contribution in [2.45, 2.75) is 18.5 Å². The number of halogens is 4. The van der Waals surface area contributed by atoms with E-state index in [1.807, 2.05) is 0 Å². The molecule has 0 bridgehead atoms. The van der Waals surface area contributed by atoms with Gasteiger partial charge in [-0.15, -0.1) is 0 Å². The van der Waals surface area contributed by atoms with Crippen molar-refractivity contribution in [3.8, 4) is 0 Å². The van der Waals surface area contributed by atoms with E-state index in [4.69, 9.17) is 0 Å². The van der Waals surface area contributed by atoms with E-state index in [0.29, 0.717) is 11.1 Å². The van der Waals surface area contributed by atoms with E-state index in [-0.39, 0.29) is 18.9 Å². The minimum atomic E-state index is -4.39. The van der Waals surface area contributed by atoms with Gasteiger partial charge in [-0.05, 0) is 35.7 Å². The first kappa shape index (κ1) is 15.5. The van der Waals surface area contributed by atoms with Crippen molar-refractivity contribution in [1.29, 1.82) is 0 Å². The summed E-state index contributed by atoms with van der Waals surface area (Å²) in [4.78, 5) is 0. The Bertz CT molecular complexity index is 590. The fourth-order valence-electron chi connectivity index (χ4n) is 2.18. The zero-order valence-electron chi connectivity index (χ0n) is 11.1. The third kappa shape index (κ3) is 4.04. The molecule has 1 nitrogen and oxygen atoms in total. The third-order valence-electron chi connectivity index (χ3n) is 3.30. The predicted molar refractivity (Wildman–Crippen MR) is 71.4 cm³/mol. The second-order valence-electron chi connectivity index (χ2n) is 4.83. The summed E-state index contributed by atoms with van der Waals surface area (Å²) in [5, 5.41) is 9.42. The van der Waals surface area contributed by atoms with Crippen LogP contribution in [0.25, 0.3) is 0 Å². The minimum Gasteiger partial charge on any atom is -0.396 e. The maximum Gasteiger partial charge on any atom is 0.416 e. The summed E-state index contributed by atoms with van der Waals surface area (Å²) in [6.07, 6.45) is -4.13. The molecule has 0 aliphatic carbocycles. The van der Waals surface area contributed by atoms with Crippen molar-refractivity contribution < 1.29 is 22.7 Å². The molecular formula is C16H14F4O. The summed E-state index contributed by atoms with van der Waals surface area (Å²) in [6.45, 7) is -0.220. The molecule has 0 spiro atoms. The van der Waals surface area contributed by atoms with Crippen LogP contribution in [0.5, 0.6) is 0 Å². The van der Waals surface area contributed by atoms with Crippen molar-refractivity contribution in [2.75, 3.05) is 6.61 Å². The number of hydrogen-bond donors (Lipinski definition) is 1. The first-order chi connectivity index (χ1) is 9.90. The highest BCUT2D eigenvalue weighted by atomic mass is 19.4. The molecular weight excluding hydrogens is 284 g/mol. The van der Waals surface area contributed by atoms with Crippen LogP contribution in [0.2, 0.25) is 0 Å². The molecule has 0 heterocycles. The van der Waals surface area contributed by atoms with Crippen molar-refractivity contribution in [1.82, 2.24) is 0 Å². The van der Waals surface area contributed by atoms with Gasteiger partial charge in [0.2, 0.25) is 0 Å². The Morgan fingerprint density at radius 2 is 1.67 bits per heavy atom. The number of alkyl halides is 3. The predicted octanol–water partition coefficient (Wildman–Crippen LogP) is 4.16. The summed E-state index contributed by atoms with van der Waals surface area (Å²) in [5.74, 6) is -0.761. The molecule has 1 unspecified atom stereocenters. The molecule has 2 aromatic carbocycles. The molecule has 0 saturated carbocycles. The van der Waals surface area contributed by atoms with E-state index in [0.717, 1.165) is 12.1 Å². The summed E-state index contributed by atoms with van der Waals surface area (Å²) in [6, 6.07) is 10.6. The fraction of sp³-hybridized carbons (Fsp3) is 0.250. The number of aliphatic hydroxyl groups excluding tert-OH is 1. The van der Waals surface area contributed by atoms with Crippen molar-refractivity contribution in [3.63, 3.8) is 0 Å². The summed E-state index contributed by atoms with van der Waals surface area (Å²) in [5.41, 5.74) is 0.459. The lowest BCUT2D eigenvalue weighted by Crippen LogP contribution is -2.10. The number of benzene rings is 2. The van der Waals surface area contributed by atoms with Crippen molar-refractivity contribution >= 4 is 0 Å². The average Bonchev–Trinajstić information content (AvgIpc) is 2.45. The van der Waals surface area contributed by atoms with Gasteiger partial charge in [0.1, 0.15) is 5.82 Å². The van der Waals surface area contributed by atoms with E-state index in [1.54, 1.807) is 6.07 Å². The van der Waals surface area contributed by atoms with Gasteiger partial charge in [-0.1, -0.05) is 30.3 Å². The number of hydrogen-bond acceptors (Lipinski definition) is 1. The first-order valence-electron chi connectivity index (χ1n) is 6.42. The largest absolute Gasteiger partial charge is 0.416 e. The van der Waals surface area contributed by atoms with Gasteiger partial charge in [0.25, 0.3) is 0 Å². The van der Waals surface area contributed by atoms with Crippen molar-refractivity contribution in [2.24, 2.45) is 0 Å². The van der Waals surface area contributed by atoms with Crippen LogP contribution in [-0.2, 0) is 12.6 Å². The molecule has 0 radical (unpaired) electrons. The molecule has 0 fully saturated rings. The molecule has 0 amide bonds. The third-order valence-corrected chi connectivity index (χ3v) is 3.30. The fourth-order valence-corrected chi connectivity index (χ4v) is 2.18. The van der Waals surface area contributed by atoms with Gasteiger partial charge in [-0.3, -0.25) is 0 Å². The molecule has 2 rings (SSSR count). The Morgan fingerprint density at radius 1 is 1.00 bits per heavy atom. The molecule has 0 aliphatic rings. The zero-order chi connectivity index (χ0) is 15.5. The Morgan fingerprint density at radius 3 is 2.24 bits per heavy atom. The SMILES string of the molecule is OCC(Cc1cccc(C(F)(F)F)c1)c1ccc(F)cc1. The normalized spacial score (nSPS) is 13.2. The van der Waals surface area contributed by atoms with E-state index in [2.05, 4.69) is 0 Å². The topological polar surface area (TPSA) is 20.2 Å². The lowest BCUT2D eigenvalue weighted by molar-refractivity contribution is -0.137. The van der Waals surface area contributed by atoms with Gasteiger partial charge in [0.15, 0.2) is 0 Å². The van der Waals surface area contributed by atoms with Crippen LogP contribution < -0.4 is 0 Å². The average molecular weight is 298 g/mol. The maximum atomic E-state index is 12.9. The van der Waals surface area contributed by atoms with Gasteiger partial charge in [-0.25, -0.2) is 4.39 Å². The smallest absolute Gasteiger partial charge is 0.396 e. The molecule has 112 valence electrons. The molecule has 0 aromatic heterocycles.